The normalized spacial score (nSPS) is 16.1. The van der Waals surface area contributed by atoms with Crippen molar-refractivity contribution in [2.24, 2.45) is 23.7 Å². The van der Waals surface area contributed by atoms with Gasteiger partial charge in [-0.05, 0) is 80.0 Å². The lowest BCUT2D eigenvalue weighted by Crippen LogP contribution is -2.35. The molecule has 2 aliphatic heterocycles. The Morgan fingerprint density at radius 2 is 1.00 bits per heavy atom. The van der Waals surface area contributed by atoms with Crippen molar-refractivity contribution >= 4 is 108 Å². The predicted molar refractivity (Wildman–Crippen MR) is 273 cm³/mol. The molecule has 0 aliphatic carbocycles. The first-order valence-corrected chi connectivity index (χ1v) is 28.3. The number of hydrogen-bond donors (Lipinski definition) is 1. The van der Waals surface area contributed by atoms with E-state index < -0.39 is 0 Å². The van der Waals surface area contributed by atoms with Crippen molar-refractivity contribution in [2.45, 2.75) is 150 Å². The molecule has 0 bridgehead atoms. The first-order chi connectivity index (χ1) is 30.0. The summed E-state index contributed by atoms with van der Waals surface area (Å²) < 4.78 is 14.3. The Balaban J connectivity index is 0.962. The SMILES string of the molecule is CCCCC(CCCC)C1CCN(c2cc3sc(-c4c5nc(CCC)nc5c(-c5cc6sc(N7CCC(C(CCCC)CCCC)CC7)cc6s5)c5[nH]snc45)cc3s2)CC1. The van der Waals surface area contributed by atoms with Crippen LogP contribution in [0.4, 0.5) is 10.0 Å². The van der Waals surface area contributed by atoms with Crippen LogP contribution in [0, 0.1) is 23.7 Å². The average Bonchev–Trinajstić information content (AvgIpc) is 4.14. The lowest BCUT2D eigenvalue weighted by molar-refractivity contribution is 0.238. The van der Waals surface area contributed by atoms with Crippen molar-refractivity contribution in [1.82, 2.24) is 18.7 Å². The molecule has 9 rings (SSSR count). The molecule has 7 aromatic rings. The van der Waals surface area contributed by atoms with Crippen LogP contribution in [-0.2, 0) is 6.42 Å². The number of aromatic amines is 1. The van der Waals surface area contributed by atoms with Crippen molar-refractivity contribution in [3.8, 4) is 20.9 Å². The summed E-state index contributed by atoms with van der Waals surface area (Å²) in [5.74, 6) is 4.58. The second-order valence-electron chi connectivity index (χ2n) is 18.4. The van der Waals surface area contributed by atoms with E-state index in [4.69, 9.17) is 14.3 Å². The predicted octanol–water partition coefficient (Wildman–Crippen LogP) is 16.8. The molecule has 0 spiro atoms. The topological polar surface area (TPSA) is 60.9 Å². The molecule has 6 nitrogen and oxygen atoms in total. The number of benzene rings is 1. The molecule has 0 saturated carbocycles. The lowest BCUT2D eigenvalue weighted by atomic mass is 9.79. The van der Waals surface area contributed by atoms with Gasteiger partial charge in [0.25, 0.3) is 0 Å². The minimum Gasteiger partial charge on any atom is -0.363 e. The molecule has 1 N–H and O–H groups in total. The zero-order valence-electron chi connectivity index (χ0n) is 37.5. The van der Waals surface area contributed by atoms with Gasteiger partial charge in [-0.3, -0.25) is 4.37 Å². The Kier molecular flexibility index (Phi) is 14.4. The van der Waals surface area contributed by atoms with E-state index in [-0.39, 0.29) is 0 Å². The molecule has 8 heterocycles. The maximum Gasteiger partial charge on any atom is 0.129 e. The van der Waals surface area contributed by atoms with Gasteiger partial charge in [0.15, 0.2) is 0 Å². The Hall–Kier alpha value is -2.57. The third-order valence-corrected chi connectivity index (χ3v) is 19.6. The zero-order chi connectivity index (χ0) is 41.9. The van der Waals surface area contributed by atoms with Gasteiger partial charge < -0.3 is 9.80 Å². The van der Waals surface area contributed by atoms with E-state index in [1.54, 1.807) is 0 Å². The summed E-state index contributed by atoms with van der Waals surface area (Å²) in [7, 11) is 0. The molecule has 0 atom stereocenters. The number of aromatic nitrogens is 4. The number of unbranched alkanes of at least 4 members (excludes halogenated alkanes) is 4. The average molecular weight is 913 g/mol. The van der Waals surface area contributed by atoms with Crippen molar-refractivity contribution in [2.75, 3.05) is 36.0 Å². The summed E-state index contributed by atoms with van der Waals surface area (Å²) in [5.41, 5.74) is 6.49. The Morgan fingerprint density at radius 3 is 1.44 bits per heavy atom. The fourth-order valence-electron chi connectivity index (χ4n) is 10.8. The molecule has 0 amide bonds. The smallest absolute Gasteiger partial charge is 0.129 e. The number of thiophene rings is 4. The maximum absolute atomic E-state index is 5.31. The molecule has 11 heteroatoms. The summed E-state index contributed by atoms with van der Waals surface area (Å²) in [5, 5.41) is 2.89. The van der Waals surface area contributed by atoms with Crippen LogP contribution in [0.3, 0.4) is 0 Å². The molecule has 328 valence electrons. The molecule has 2 aliphatic rings. The van der Waals surface area contributed by atoms with Gasteiger partial charge in [-0.2, -0.15) is 4.37 Å². The lowest BCUT2D eigenvalue weighted by Gasteiger charge is -2.37. The number of anilines is 2. The number of piperidine rings is 2. The number of nitrogens with zero attached hydrogens (tertiary/aromatic N) is 5. The Bertz CT molecular complexity index is 2240. The standard InChI is InChI=1S/C50H68N6S5/c1-6-11-16-32(17-12-7-2)34-20-24-55(25-21-34)43-30-38-36(59-43)28-40(57-38)45-47-48(52-42(51-47)15-10-5)46(50-49(45)53-61-54-50)41-29-37-39(58-41)31-44(60-37)56-26-22-35(23-27-56)33(18-13-8-3)19-14-9-4/h28-35,53H,6-27H2,1-5H3. The van der Waals surface area contributed by atoms with E-state index >= 15 is 0 Å². The number of imidazole rings is 1. The number of H-pyrrole nitrogens is 1. The molecule has 2 fully saturated rings. The molecule has 0 radical (unpaired) electrons. The van der Waals surface area contributed by atoms with E-state index in [1.165, 1.54) is 185 Å². The fourth-order valence-corrected chi connectivity index (χ4v) is 16.4. The van der Waals surface area contributed by atoms with Gasteiger partial charge in [0.2, 0.25) is 0 Å². The van der Waals surface area contributed by atoms with Crippen molar-refractivity contribution in [3.05, 3.63) is 30.1 Å². The fraction of sp³-hybridized carbons (Fsp3) is 0.620. The van der Waals surface area contributed by atoms with Crippen molar-refractivity contribution in [1.29, 1.82) is 0 Å². The van der Waals surface area contributed by atoms with Gasteiger partial charge in [0.05, 0.1) is 15.5 Å². The summed E-state index contributed by atoms with van der Waals surface area (Å²) in [6.45, 7) is 16.4. The van der Waals surface area contributed by atoms with E-state index in [2.05, 4.69) is 73.1 Å². The van der Waals surface area contributed by atoms with E-state index in [0.29, 0.717) is 0 Å². The second kappa shape index (κ2) is 20.1. The van der Waals surface area contributed by atoms with Crippen LogP contribution in [0.15, 0.2) is 24.3 Å². The van der Waals surface area contributed by atoms with Crippen LogP contribution in [0.5, 0.6) is 0 Å². The Morgan fingerprint density at radius 1 is 0.557 bits per heavy atom. The van der Waals surface area contributed by atoms with Crippen molar-refractivity contribution in [3.63, 3.8) is 0 Å². The van der Waals surface area contributed by atoms with Crippen LogP contribution >= 0.6 is 57.1 Å². The number of nitrogens with one attached hydrogen (secondary N) is 1. The van der Waals surface area contributed by atoms with Gasteiger partial charge in [-0.15, -0.1) is 45.3 Å². The van der Waals surface area contributed by atoms with Crippen LogP contribution in [0.1, 0.15) is 150 Å². The largest absolute Gasteiger partial charge is 0.363 e. The van der Waals surface area contributed by atoms with Gasteiger partial charge in [-0.1, -0.05) is 112 Å². The van der Waals surface area contributed by atoms with Gasteiger partial charge in [0, 0.05) is 84.0 Å². The highest BCUT2D eigenvalue weighted by Crippen LogP contribution is 2.51. The van der Waals surface area contributed by atoms with Gasteiger partial charge in [-0.25, -0.2) is 9.97 Å². The number of fused-ring (bicyclic) bond motifs is 4. The monoisotopic (exact) mass is 912 g/mol. The molecule has 1 aromatic carbocycles. The molecular weight excluding hydrogens is 845 g/mol. The summed E-state index contributed by atoms with van der Waals surface area (Å²) in [6.07, 6.45) is 23.8. The molecule has 61 heavy (non-hydrogen) atoms. The van der Waals surface area contributed by atoms with E-state index in [9.17, 15) is 0 Å². The van der Waals surface area contributed by atoms with E-state index in [1.807, 2.05) is 45.3 Å². The highest BCUT2D eigenvalue weighted by molar-refractivity contribution is 7.32. The van der Waals surface area contributed by atoms with Crippen molar-refractivity contribution < 1.29 is 0 Å². The quantitative estimate of drug-likeness (QED) is 0.0825. The molecule has 6 aromatic heterocycles. The highest BCUT2D eigenvalue weighted by atomic mass is 32.1. The van der Waals surface area contributed by atoms with Crippen LogP contribution in [0.2, 0.25) is 0 Å². The minimum absolute atomic E-state index is 0.882. The third-order valence-electron chi connectivity index (χ3n) is 14.3. The van der Waals surface area contributed by atoms with E-state index in [0.717, 1.165) is 70.0 Å². The van der Waals surface area contributed by atoms with Gasteiger partial charge >= 0.3 is 0 Å². The molecule has 0 unspecified atom stereocenters. The maximum atomic E-state index is 5.31. The minimum atomic E-state index is 0.882. The molecular formula is C50H68N6S5. The summed E-state index contributed by atoms with van der Waals surface area (Å²) >= 11 is 9.24. The summed E-state index contributed by atoms with van der Waals surface area (Å²) in [6, 6.07) is 9.81. The first-order valence-electron chi connectivity index (χ1n) is 24.2. The zero-order valence-corrected chi connectivity index (χ0v) is 41.5. The number of rotatable bonds is 20. The summed E-state index contributed by atoms with van der Waals surface area (Å²) in [4.78, 5) is 18.5. The van der Waals surface area contributed by atoms with Crippen LogP contribution in [0.25, 0.3) is 61.7 Å². The number of aryl methyl sites for hydroxylation is 1. The Labute approximate surface area is 384 Å². The first kappa shape index (κ1) is 43.7. The van der Waals surface area contributed by atoms with Gasteiger partial charge in [0.1, 0.15) is 22.4 Å². The third kappa shape index (κ3) is 9.21. The second-order valence-corrected chi connectivity index (χ2v) is 23.3. The molecule has 2 saturated heterocycles. The van der Waals surface area contributed by atoms with Crippen LogP contribution in [-0.4, -0.2) is 44.9 Å². The van der Waals surface area contributed by atoms with Crippen LogP contribution < -0.4 is 9.80 Å². The number of hydrogen-bond acceptors (Lipinski definition) is 10. The highest BCUT2D eigenvalue weighted by Gasteiger charge is 2.30.